The first-order valence-corrected chi connectivity index (χ1v) is 8.20. The molecule has 1 aliphatic rings. The third-order valence-electron chi connectivity index (χ3n) is 5.12. The average molecular weight is 319 g/mol. The molecule has 23 heavy (non-hydrogen) atoms. The number of hydrogen-bond donors (Lipinski definition) is 0. The molecule has 0 unspecified atom stereocenters. The van der Waals surface area contributed by atoms with Gasteiger partial charge in [-0.1, -0.05) is 55.8 Å². The molecular weight excluding hydrogens is 304 g/mol. The average Bonchev–Trinajstić information content (AvgIpc) is 3.01. The van der Waals surface area contributed by atoms with Crippen LogP contribution in [0.25, 0.3) is 33.1 Å². The van der Waals surface area contributed by atoms with E-state index in [0.717, 1.165) is 16.2 Å². The van der Waals surface area contributed by atoms with Gasteiger partial charge in [-0.25, -0.2) is 0 Å². The Morgan fingerprint density at radius 1 is 0.870 bits per heavy atom. The van der Waals surface area contributed by atoms with Crippen molar-refractivity contribution in [2.24, 2.45) is 0 Å². The molecule has 0 atom stereocenters. The molecule has 0 aliphatic heterocycles. The Morgan fingerprint density at radius 2 is 1.65 bits per heavy atom. The predicted octanol–water partition coefficient (Wildman–Crippen LogP) is 6.55. The van der Waals surface area contributed by atoms with Crippen molar-refractivity contribution in [1.82, 2.24) is 0 Å². The van der Waals surface area contributed by atoms with E-state index in [1.54, 1.807) is 0 Å². The molecule has 4 aromatic rings. The highest BCUT2D eigenvalue weighted by molar-refractivity contribution is 6.30. The van der Waals surface area contributed by atoms with Gasteiger partial charge in [-0.15, -0.1) is 0 Å². The van der Waals surface area contributed by atoms with Crippen molar-refractivity contribution in [3.05, 3.63) is 70.7 Å². The fourth-order valence-corrected chi connectivity index (χ4v) is 4.21. The van der Waals surface area contributed by atoms with Crippen LogP contribution in [0.15, 0.2) is 59.0 Å². The Hall–Kier alpha value is -2.25. The number of rotatable bonds is 0. The molecule has 0 saturated carbocycles. The van der Waals surface area contributed by atoms with Crippen LogP contribution in [0, 0.1) is 0 Å². The third kappa shape index (κ3) is 1.58. The molecule has 5 rings (SSSR count). The van der Waals surface area contributed by atoms with Crippen LogP contribution in [0.2, 0.25) is 5.02 Å². The van der Waals surface area contributed by atoms with Gasteiger partial charge in [-0.05, 0) is 41.0 Å². The van der Waals surface area contributed by atoms with Gasteiger partial charge in [0.2, 0.25) is 0 Å². The SMILES string of the molecule is CC1(C)c2cc(Cl)ccc2-c2ccc3c(oc4ccccc43)c21. The topological polar surface area (TPSA) is 13.1 Å². The van der Waals surface area contributed by atoms with Crippen LogP contribution in [0.3, 0.4) is 0 Å². The summed E-state index contributed by atoms with van der Waals surface area (Å²) in [4.78, 5) is 0. The first-order chi connectivity index (χ1) is 11.1. The number of furan rings is 1. The second kappa shape index (κ2) is 4.18. The summed E-state index contributed by atoms with van der Waals surface area (Å²) in [7, 11) is 0. The minimum atomic E-state index is -0.122. The van der Waals surface area contributed by atoms with E-state index in [4.69, 9.17) is 16.0 Å². The second-order valence-electron chi connectivity index (χ2n) is 6.78. The largest absolute Gasteiger partial charge is 0.456 e. The standard InChI is InChI=1S/C21H15ClO/c1-21(2)17-11-12(22)7-8-13(17)15-9-10-16-14-5-3-4-6-18(14)23-20(16)19(15)21/h3-11H,1-2H3. The molecule has 1 nitrogen and oxygen atoms in total. The highest BCUT2D eigenvalue weighted by Gasteiger charge is 2.38. The van der Waals surface area contributed by atoms with Crippen LogP contribution in [0.5, 0.6) is 0 Å². The van der Waals surface area contributed by atoms with Crippen molar-refractivity contribution in [2.75, 3.05) is 0 Å². The zero-order valence-electron chi connectivity index (χ0n) is 13.0. The molecule has 0 spiro atoms. The van der Waals surface area contributed by atoms with E-state index >= 15 is 0 Å². The molecule has 112 valence electrons. The van der Waals surface area contributed by atoms with Gasteiger partial charge in [0.1, 0.15) is 11.2 Å². The molecule has 0 saturated heterocycles. The van der Waals surface area contributed by atoms with Gasteiger partial charge in [0.05, 0.1) is 0 Å². The Balaban J connectivity index is 1.96. The molecule has 0 bridgehead atoms. The van der Waals surface area contributed by atoms with E-state index in [2.05, 4.69) is 50.2 Å². The first-order valence-electron chi connectivity index (χ1n) is 7.82. The Bertz CT molecular complexity index is 1100. The Morgan fingerprint density at radius 3 is 2.52 bits per heavy atom. The van der Waals surface area contributed by atoms with Crippen LogP contribution < -0.4 is 0 Å². The van der Waals surface area contributed by atoms with Crippen LogP contribution >= 0.6 is 11.6 Å². The number of hydrogen-bond acceptors (Lipinski definition) is 1. The van der Waals surface area contributed by atoms with Crippen molar-refractivity contribution in [3.8, 4) is 11.1 Å². The van der Waals surface area contributed by atoms with Crippen molar-refractivity contribution >= 4 is 33.5 Å². The lowest BCUT2D eigenvalue weighted by atomic mass is 9.82. The second-order valence-corrected chi connectivity index (χ2v) is 7.21. The lowest BCUT2D eigenvalue weighted by molar-refractivity contribution is 0.620. The molecule has 0 amide bonds. The van der Waals surface area contributed by atoms with Crippen LogP contribution in [0.4, 0.5) is 0 Å². The fraction of sp³-hybridized carbons (Fsp3) is 0.143. The maximum Gasteiger partial charge on any atom is 0.140 e. The van der Waals surface area contributed by atoms with E-state index < -0.39 is 0 Å². The summed E-state index contributed by atoms with van der Waals surface area (Å²) in [5, 5.41) is 3.15. The fourth-order valence-electron chi connectivity index (χ4n) is 4.04. The summed E-state index contributed by atoms with van der Waals surface area (Å²) in [5.41, 5.74) is 6.88. The maximum absolute atomic E-state index is 6.26. The first kappa shape index (κ1) is 13.2. The summed E-state index contributed by atoms with van der Waals surface area (Å²) >= 11 is 6.25. The zero-order valence-corrected chi connectivity index (χ0v) is 13.7. The predicted molar refractivity (Wildman–Crippen MR) is 96.3 cm³/mol. The molecule has 1 aliphatic carbocycles. The van der Waals surface area contributed by atoms with Crippen LogP contribution in [-0.4, -0.2) is 0 Å². The minimum absolute atomic E-state index is 0.122. The summed E-state index contributed by atoms with van der Waals surface area (Å²) in [6.07, 6.45) is 0. The lowest BCUT2D eigenvalue weighted by Crippen LogP contribution is -2.15. The van der Waals surface area contributed by atoms with Gasteiger partial charge in [-0.2, -0.15) is 0 Å². The van der Waals surface area contributed by atoms with Gasteiger partial charge in [-0.3, -0.25) is 0 Å². The van der Waals surface area contributed by atoms with E-state index in [0.29, 0.717) is 0 Å². The summed E-state index contributed by atoms with van der Waals surface area (Å²) in [6, 6.07) is 18.8. The summed E-state index contributed by atoms with van der Waals surface area (Å²) in [6.45, 7) is 4.50. The highest BCUT2D eigenvalue weighted by Crippen LogP contribution is 2.52. The normalized spacial score (nSPS) is 15.1. The molecule has 1 aromatic heterocycles. The Kier molecular flexibility index (Phi) is 2.40. The van der Waals surface area contributed by atoms with Crippen LogP contribution in [-0.2, 0) is 5.41 Å². The molecule has 1 heterocycles. The van der Waals surface area contributed by atoms with Gasteiger partial charge in [0.15, 0.2) is 0 Å². The molecule has 3 aromatic carbocycles. The molecule has 0 fully saturated rings. The van der Waals surface area contributed by atoms with Crippen molar-refractivity contribution < 1.29 is 4.42 Å². The maximum atomic E-state index is 6.26. The van der Waals surface area contributed by atoms with E-state index in [-0.39, 0.29) is 5.41 Å². The monoisotopic (exact) mass is 318 g/mol. The molecular formula is C21H15ClO. The number of para-hydroxylation sites is 1. The van der Waals surface area contributed by atoms with Crippen molar-refractivity contribution in [3.63, 3.8) is 0 Å². The molecule has 0 radical (unpaired) electrons. The Labute approximate surface area is 139 Å². The van der Waals surface area contributed by atoms with Gasteiger partial charge in [0.25, 0.3) is 0 Å². The smallest absolute Gasteiger partial charge is 0.140 e. The van der Waals surface area contributed by atoms with Gasteiger partial charge >= 0.3 is 0 Å². The van der Waals surface area contributed by atoms with Crippen molar-refractivity contribution in [1.29, 1.82) is 0 Å². The zero-order chi connectivity index (χ0) is 15.8. The lowest BCUT2D eigenvalue weighted by Gasteiger charge is -2.21. The van der Waals surface area contributed by atoms with Crippen LogP contribution in [0.1, 0.15) is 25.0 Å². The van der Waals surface area contributed by atoms with E-state index in [1.165, 1.54) is 33.0 Å². The third-order valence-corrected chi connectivity index (χ3v) is 5.35. The van der Waals surface area contributed by atoms with Gasteiger partial charge in [0, 0.05) is 26.8 Å². The van der Waals surface area contributed by atoms with Gasteiger partial charge < -0.3 is 4.42 Å². The van der Waals surface area contributed by atoms with E-state index in [1.807, 2.05) is 18.2 Å². The molecule has 0 N–H and O–H groups in total. The highest BCUT2D eigenvalue weighted by atomic mass is 35.5. The number of halogens is 1. The number of fused-ring (bicyclic) bond motifs is 7. The molecule has 2 heteroatoms. The van der Waals surface area contributed by atoms with E-state index in [9.17, 15) is 0 Å². The number of benzene rings is 3. The summed E-state index contributed by atoms with van der Waals surface area (Å²) < 4.78 is 6.26. The summed E-state index contributed by atoms with van der Waals surface area (Å²) in [5.74, 6) is 0. The quantitative estimate of drug-likeness (QED) is 0.358. The minimum Gasteiger partial charge on any atom is -0.456 e. The van der Waals surface area contributed by atoms with Crippen molar-refractivity contribution in [2.45, 2.75) is 19.3 Å².